The van der Waals surface area contributed by atoms with Crippen LogP contribution < -0.4 is 21.8 Å². The van der Waals surface area contributed by atoms with Crippen LogP contribution >= 0.6 is 10.2 Å². The summed E-state index contributed by atoms with van der Waals surface area (Å²) in [6.45, 7) is 5.54. The third-order valence-electron chi connectivity index (χ3n) is 4.01. The second-order valence-corrected chi connectivity index (χ2v) is 8.89. The molecule has 37 heavy (non-hydrogen) atoms. The molecule has 0 spiro atoms. The topological polar surface area (TPSA) is 151 Å². The predicted molar refractivity (Wildman–Crippen MR) is 119 cm³/mol. The van der Waals surface area contributed by atoms with Gasteiger partial charge in [0, 0.05) is 12.7 Å². The number of nitrogens with two attached hydrogens (primary N) is 1. The Morgan fingerprint density at radius 2 is 1.65 bits per heavy atom. The van der Waals surface area contributed by atoms with E-state index in [1.54, 1.807) is 0 Å². The van der Waals surface area contributed by atoms with Gasteiger partial charge in [-0.15, -0.1) is 0 Å². The number of esters is 1. The minimum absolute atomic E-state index is 0.104. The molecule has 2 heterocycles. The Hall–Kier alpha value is -2.22. The standard InChI is InChI=1S/C12H9F8NO4S.C4H9N.C2H6.CH4O.H4NO/c13-12(14,15)10-8(11(22)23-5-24-21)4-6-3-7(1-2-9(6)25-10)26(16,17,18,19)20;1-2-4-5-3-1;3*1-2/h1-4,10H,5,21H2;5H,1-4H2;1-2H3;2*2H,1H3/q;;;;+1. The Kier molecular flexibility index (Phi) is 14.6. The van der Waals surface area contributed by atoms with Crippen LogP contribution in [-0.2, 0) is 14.4 Å². The number of hydrogen-bond donors (Lipinski definition) is 5. The van der Waals surface area contributed by atoms with Gasteiger partial charge in [-0.25, -0.2) is 21.8 Å². The molecular formula is C19H32F8N3O6S+. The zero-order chi connectivity index (χ0) is 29.6. The maximum absolute atomic E-state index is 13.0. The van der Waals surface area contributed by atoms with Gasteiger partial charge in [-0.1, -0.05) is 33.3 Å². The highest BCUT2D eigenvalue weighted by Crippen LogP contribution is 3.02. The van der Waals surface area contributed by atoms with E-state index in [-0.39, 0.29) is 12.1 Å². The van der Waals surface area contributed by atoms with E-state index in [1.807, 2.05) is 13.8 Å². The molecule has 0 aromatic heterocycles. The number of carbonyl (C=O) groups is 1. The van der Waals surface area contributed by atoms with Gasteiger partial charge in [0.2, 0.25) is 12.9 Å². The van der Waals surface area contributed by atoms with Crippen LogP contribution in [-0.4, -0.2) is 55.6 Å². The zero-order valence-corrected chi connectivity index (χ0v) is 21.0. The van der Waals surface area contributed by atoms with Crippen molar-refractivity contribution in [2.24, 2.45) is 5.90 Å². The summed E-state index contributed by atoms with van der Waals surface area (Å²) in [5.74, 6) is 4.36. The number of benzene rings is 1. The quantitative estimate of drug-likeness (QED) is 0.154. The van der Waals surface area contributed by atoms with Crippen LogP contribution in [0, 0.1) is 0 Å². The summed E-state index contributed by atoms with van der Waals surface area (Å²) < 4.78 is 112. The van der Waals surface area contributed by atoms with Crippen LogP contribution in [0.5, 0.6) is 5.75 Å². The minimum atomic E-state index is -10.1. The monoisotopic (exact) mass is 582 g/mol. The summed E-state index contributed by atoms with van der Waals surface area (Å²) >= 11 is 0. The molecule has 2 aliphatic heterocycles. The number of nitrogens with one attached hydrogen (secondary N) is 1. The van der Waals surface area contributed by atoms with Crippen molar-refractivity contribution >= 4 is 22.3 Å². The van der Waals surface area contributed by atoms with Crippen LogP contribution in [0.2, 0.25) is 0 Å². The Bertz CT molecular complexity index is 859. The molecule has 1 atom stereocenters. The second kappa shape index (κ2) is 14.6. The summed E-state index contributed by atoms with van der Waals surface area (Å²) in [6.07, 6.45) is -4.93. The van der Waals surface area contributed by atoms with Crippen molar-refractivity contribution in [3.8, 4) is 5.75 Å². The number of ether oxygens (including phenoxy) is 2. The SMILES string of the molecule is C1CCNC1.CC.CO.NOCOC(=O)C1=Cc2cc(S(F)(F)(F)(F)F)ccc2OC1C(F)(F)F.[NH3+]O. The van der Waals surface area contributed by atoms with Gasteiger partial charge < -0.3 is 19.9 Å². The van der Waals surface area contributed by atoms with E-state index < -0.39 is 57.0 Å². The molecule has 0 saturated carbocycles. The molecule has 1 unspecified atom stereocenters. The first-order chi connectivity index (χ1) is 17.0. The Morgan fingerprint density at radius 1 is 1.14 bits per heavy atom. The zero-order valence-electron chi connectivity index (χ0n) is 20.2. The van der Waals surface area contributed by atoms with Crippen molar-refractivity contribution < 1.29 is 67.9 Å². The second-order valence-electron chi connectivity index (χ2n) is 6.48. The molecule has 18 heteroatoms. The summed E-state index contributed by atoms with van der Waals surface area (Å²) in [4.78, 5) is 13.2. The lowest BCUT2D eigenvalue weighted by Crippen LogP contribution is -2.42. The van der Waals surface area contributed by atoms with Crippen molar-refractivity contribution in [2.75, 3.05) is 27.0 Å². The summed E-state index contributed by atoms with van der Waals surface area (Å²) in [5, 5.41) is 17.0. The van der Waals surface area contributed by atoms with Gasteiger partial charge in [0.25, 0.3) is 0 Å². The first-order valence-corrected chi connectivity index (χ1v) is 12.3. The highest BCUT2D eigenvalue weighted by atomic mass is 32.5. The van der Waals surface area contributed by atoms with Crippen molar-refractivity contribution in [2.45, 2.75) is 43.9 Å². The van der Waals surface area contributed by atoms with Crippen LogP contribution in [0.3, 0.4) is 0 Å². The van der Waals surface area contributed by atoms with E-state index in [0.29, 0.717) is 12.1 Å². The van der Waals surface area contributed by atoms with E-state index in [1.165, 1.54) is 25.9 Å². The number of fused-ring (bicyclic) bond motifs is 1. The largest absolute Gasteiger partial charge is 0.475 e. The first kappa shape index (κ1) is 36.9. The number of rotatable bonds is 4. The molecule has 3 rings (SSSR count). The molecule has 0 aliphatic carbocycles. The van der Waals surface area contributed by atoms with Gasteiger partial charge in [-0.3, -0.25) is 4.84 Å². The van der Waals surface area contributed by atoms with Gasteiger partial charge in [-0.2, -0.15) is 13.2 Å². The maximum Gasteiger partial charge on any atom is 0.430 e. The predicted octanol–water partition coefficient (Wildman–Crippen LogP) is 4.06. The summed E-state index contributed by atoms with van der Waals surface area (Å²) in [6, 6.07) is 0.0896. The molecule has 1 aromatic carbocycles. The number of hydrogen-bond acceptors (Lipinski definition) is 8. The van der Waals surface area contributed by atoms with E-state index >= 15 is 0 Å². The number of aliphatic hydroxyl groups is 1. The fourth-order valence-electron chi connectivity index (χ4n) is 2.63. The molecule has 2 aliphatic rings. The molecule has 220 valence electrons. The average Bonchev–Trinajstić information content (AvgIpc) is 3.43. The molecule has 8 N–H and O–H groups in total. The number of halogens is 8. The van der Waals surface area contributed by atoms with Gasteiger partial charge >= 0.3 is 22.4 Å². The van der Waals surface area contributed by atoms with Gasteiger partial charge in [0.1, 0.15) is 10.6 Å². The summed E-state index contributed by atoms with van der Waals surface area (Å²) in [7, 11) is -9.09. The van der Waals surface area contributed by atoms with E-state index in [4.69, 9.17) is 10.3 Å². The fraction of sp³-hybridized carbons (Fsp3) is 0.526. The maximum atomic E-state index is 13.0. The molecule has 0 bridgehead atoms. The van der Waals surface area contributed by atoms with Crippen LogP contribution in [0.4, 0.5) is 32.6 Å². The minimum Gasteiger partial charge on any atom is -0.475 e. The Balaban J connectivity index is 0. The van der Waals surface area contributed by atoms with Gasteiger partial charge in [-0.05, 0) is 50.2 Å². The van der Waals surface area contributed by atoms with E-state index in [2.05, 4.69) is 31.4 Å². The fourth-order valence-corrected chi connectivity index (χ4v) is 3.30. The summed E-state index contributed by atoms with van der Waals surface area (Å²) in [5.41, 5.74) is -2.07. The highest BCUT2D eigenvalue weighted by Gasteiger charge is 2.65. The number of aliphatic hydroxyl groups excluding tert-OH is 1. The van der Waals surface area contributed by atoms with Crippen LogP contribution in [0.1, 0.15) is 32.3 Å². The molecular weight excluding hydrogens is 550 g/mol. The number of alkyl halides is 3. The van der Waals surface area contributed by atoms with Crippen LogP contribution in [0.25, 0.3) is 6.08 Å². The van der Waals surface area contributed by atoms with Crippen molar-refractivity contribution in [1.29, 1.82) is 0 Å². The van der Waals surface area contributed by atoms with Crippen molar-refractivity contribution in [3.63, 3.8) is 0 Å². The lowest BCUT2D eigenvalue weighted by atomic mass is 10.0. The highest BCUT2D eigenvalue weighted by molar-refractivity contribution is 8.45. The Labute approximate surface area is 208 Å². The van der Waals surface area contributed by atoms with Gasteiger partial charge in [0.05, 0.1) is 5.57 Å². The van der Waals surface area contributed by atoms with Gasteiger partial charge in [0.15, 0.2) is 0 Å². The molecule has 9 nitrogen and oxygen atoms in total. The van der Waals surface area contributed by atoms with E-state index in [0.717, 1.165) is 7.11 Å². The lowest BCUT2D eigenvalue weighted by Gasteiger charge is -2.41. The van der Waals surface area contributed by atoms with Crippen LogP contribution in [0.15, 0.2) is 28.7 Å². The molecule has 0 amide bonds. The number of carbonyl (C=O) groups excluding carboxylic acids is 1. The number of quaternary nitrogens is 1. The third kappa shape index (κ3) is 12.7. The molecule has 1 fully saturated rings. The van der Waals surface area contributed by atoms with E-state index in [9.17, 15) is 37.4 Å². The smallest absolute Gasteiger partial charge is 0.430 e. The van der Waals surface area contributed by atoms with Crippen molar-refractivity contribution in [3.05, 3.63) is 29.3 Å². The first-order valence-electron chi connectivity index (χ1n) is 10.3. The average molecular weight is 583 g/mol. The Morgan fingerprint density at radius 3 is 2.03 bits per heavy atom. The van der Waals surface area contributed by atoms with Crippen molar-refractivity contribution in [1.82, 2.24) is 5.32 Å². The molecule has 1 aromatic rings. The molecule has 0 radical (unpaired) electrons. The third-order valence-corrected chi connectivity index (χ3v) is 5.16. The normalized spacial score (nSPS) is 17.9. The lowest BCUT2D eigenvalue weighted by molar-refractivity contribution is -0.670. The molecule has 1 saturated heterocycles.